The van der Waals surface area contributed by atoms with Crippen LogP contribution in [0.5, 0.6) is 5.75 Å². The normalized spacial score (nSPS) is 21.8. The van der Waals surface area contributed by atoms with Crippen molar-refractivity contribution in [1.29, 1.82) is 0 Å². The largest absolute Gasteiger partial charge is 0.573 e. The van der Waals surface area contributed by atoms with E-state index in [1.807, 2.05) is 6.92 Å². The molecule has 3 unspecified atom stereocenters. The van der Waals surface area contributed by atoms with E-state index < -0.39 is 6.36 Å². The van der Waals surface area contributed by atoms with Crippen molar-refractivity contribution >= 4 is 11.6 Å². The van der Waals surface area contributed by atoms with Gasteiger partial charge in [-0.2, -0.15) is 0 Å². The summed E-state index contributed by atoms with van der Waals surface area (Å²) in [5.74, 6) is -0.481. The van der Waals surface area contributed by atoms with Crippen LogP contribution in [0.15, 0.2) is 24.3 Å². The van der Waals surface area contributed by atoms with Crippen LogP contribution in [0.2, 0.25) is 0 Å². The Morgan fingerprint density at radius 1 is 1.36 bits per heavy atom. The third-order valence-electron chi connectivity index (χ3n) is 3.90. The molecule has 1 aromatic carbocycles. The van der Waals surface area contributed by atoms with Crippen LogP contribution in [0, 0.1) is 5.92 Å². The summed E-state index contributed by atoms with van der Waals surface area (Å²) in [6.45, 7) is 3.77. The summed E-state index contributed by atoms with van der Waals surface area (Å²) < 4.78 is 40.0. The van der Waals surface area contributed by atoms with Crippen LogP contribution in [0.1, 0.15) is 13.3 Å². The van der Waals surface area contributed by atoms with Crippen molar-refractivity contribution in [3.05, 3.63) is 24.3 Å². The molecule has 6 nitrogen and oxygen atoms in total. The lowest BCUT2D eigenvalue weighted by Gasteiger charge is -2.18. The van der Waals surface area contributed by atoms with Crippen LogP contribution in [-0.2, 0) is 4.79 Å². The number of hydrogen-bond donors (Lipinski definition) is 4. The monoisotopic (exact) mass is 361 g/mol. The number of β-amino-alcohol motifs (C(OH)–C–C–N with tert-alkyl or cyclic N) is 1. The number of halogens is 3. The molecule has 9 heteroatoms. The van der Waals surface area contributed by atoms with Crippen LogP contribution in [0.25, 0.3) is 0 Å². The highest BCUT2D eigenvalue weighted by molar-refractivity contribution is 5.91. The van der Waals surface area contributed by atoms with Gasteiger partial charge >= 0.3 is 6.36 Å². The fourth-order valence-corrected chi connectivity index (χ4v) is 2.58. The number of benzene rings is 1. The Bertz CT molecular complexity index is 566. The molecule has 25 heavy (non-hydrogen) atoms. The molecule has 0 saturated carbocycles. The molecule has 1 saturated heterocycles. The lowest BCUT2D eigenvalue weighted by Crippen LogP contribution is -2.37. The highest BCUT2D eigenvalue weighted by Gasteiger charge is 2.31. The summed E-state index contributed by atoms with van der Waals surface area (Å²) >= 11 is 0. The predicted octanol–water partition coefficient (Wildman–Crippen LogP) is 1.47. The Balaban J connectivity index is 1.73. The standard InChI is InChI=1S/C16H22F3N3O3/c1-10(21-8-11-7-20-9-14(11)23)6-15(24)22-12-2-4-13(5-3-12)25-16(17,18)19/h2-5,10-11,14,20-21,23H,6-9H2,1H3,(H,22,24). The number of aliphatic hydroxyl groups is 1. The molecule has 0 bridgehead atoms. The molecule has 1 heterocycles. The van der Waals surface area contributed by atoms with Crippen LogP contribution >= 0.6 is 0 Å². The SMILES string of the molecule is CC(CC(=O)Nc1ccc(OC(F)(F)F)cc1)NCC1CNCC1O. The molecule has 4 N–H and O–H groups in total. The number of carbonyl (C=O) groups is 1. The van der Waals surface area contributed by atoms with Gasteiger partial charge in [0.05, 0.1) is 6.10 Å². The van der Waals surface area contributed by atoms with Crippen molar-refractivity contribution in [2.24, 2.45) is 5.92 Å². The number of amides is 1. The third kappa shape index (κ3) is 6.89. The zero-order chi connectivity index (χ0) is 18.4. The Morgan fingerprint density at radius 2 is 2.04 bits per heavy atom. The van der Waals surface area contributed by atoms with Crippen LogP contribution in [0.3, 0.4) is 0 Å². The van der Waals surface area contributed by atoms with E-state index in [1.165, 1.54) is 12.1 Å². The molecular weight excluding hydrogens is 339 g/mol. The molecule has 0 spiro atoms. The Labute approximate surface area is 143 Å². The van der Waals surface area contributed by atoms with Crippen molar-refractivity contribution in [2.75, 3.05) is 25.0 Å². The molecule has 140 valence electrons. The van der Waals surface area contributed by atoms with E-state index in [0.29, 0.717) is 18.8 Å². The fourth-order valence-electron chi connectivity index (χ4n) is 2.58. The molecule has 1 aromatic rings. The summed E-state index contributed by atoms with van der Waals surface area (Å²) in [5, 5.41) is 18.6. The van der Waals surface area contributed by atoms with Crippen LogP contribution in [-0.4, -0.2) is 49.2 Å². The van der Waals surface area contributed by atoms with E-state index in [4.69, 9.17) is 0 Å². The lowest BCUT2D eigenvalue weighted by atomic mass is 10.1. The molecule has 2 rings (SSSR count). The Kier molecular flexibility index (Phi) is 6.63. The average molecular weight is 361 g/mol. The molecule has 1 fully saturated rings. The summed E-state index contributed by atoms with van der Waals surface area (Å²) in [6, 6.07) is 4.87. The Morgan fingerprint density at radius 3 is 2.60 bits per heavy atom. The van der Waals surface area contributed by atoms with E-state index in [2.05, 4.69) is 20.7 Å². The molecule has 0 aliphatic carbocycles. The minimum Gasteiger partial charge on any atom is -0.406 e. The maximum atomic E-state index is 12.1. The Hall–Kier alpha value is -1.84. The van der Waals surface area contributed by atoms with Gasteiger partial charge < -0.3 is 25.8 Å². The number of nitrogens with one attached hydrogen (secondary N) is 3. The van der Waals surface area contributed by atoms with Gasteiger partial charge in [0, 0.05) is 43.7 Å². The van der Waals surface area contributed by atoms with E-state index in [0.717, 1.165) is 18.7 Å². The number of anilines is 1. The second-order valence-corrected chi connectivity index (χ2v) is 6.12. The van der Waals surface area contributed by atoms with E-state index in [-0.39, 0.29) is 36.1 Å². The van der Waals surface area contributed by atoms with Gasteiger partial charge in [-0.1, -0.05) is 0 Å². The second kappa shape index (κ2) is 8.50. The third-order valence-corrected chi connectivity index (χ3v) is 3.90. The average Bonchev–Trinajstić information content (AvgIpc) is 2.91. The van der Waals surface area contributed by atoms with Crippen molar-refractivity contribution < 1.29 is 27.8 Å². The number of alkyl halides is 3. The lowest BCUT2D eigenvalue weighted by molar-refractivity contribution is -0.274. The first-order valence-corrected chi connectivity index (χ1v) is 8.01. The molecular formula is C16H22F3N3O3. The molecule has 1 aliphatic heterocycles. The smallest absolute Gasteiger partial charge is 0.406 e. The maximum Gasteiger partial charge on any atom is 0.573 e. The first-order valence-electron chi connectivity index (χ1n) is 8.01. The zero-order valence-corrected chi connectivity index (χ0v) is 13.8. The topological polar surface area (TPSA) is 82.6 Å². The minimum absolute atomic E-state index is 0.0966. The van der Waals surface area contributed by atoms with E-state index in [9.17, 15) is 23.1 Å². The van der Waals surface area contributed by atoms with E-state index in [1.54, 1.807) is 0 Å². The second-order valence-electron chi connectivity index (χ2n) is 6.12. The number of rotatable bonds is 7. The molecule has 0 aromatic heterocycles. The summed E-state index contributed by atoms with van der Waals surface area (Å²) in [7, 11) is 0. The minimum atomic E-state index is -4.74. The highest BCUT2D eigenvalue weighted by Crippen LogP contribution is 2.24. The van der Waals surface area contributed by atoms with Crippen molar-refractivity contribution in [1.82, 2.24) is 10.6 Å². The van der Waals surface area contributed by atoms with Gasteiger partial charge in [-0.05, 0) is 31.2 Å². The molecule has 0 radical (unpaired) electrons. The highest BCUT2D eigenvalue weighted by atomic mass is 19.4. The molecule has 3 atom stereocenters. The fraction of sp³-hybridized carbons (Fsp3) is 0.562. The number of hydrogen-bond acceptors (Lipinski definition) is 5. The van der Waals surface area contributed by atoms with Gasteiger partial charge in [-0.25, -0.2) is 0 Å². The van der Waals surface area contributed by atoms with Gasteiger partial charge in [-0.3, -0.25) is 4.79 Å². The van der Waals surface area contributed by atoms with Crippen molar-refractivity contribution in [3.8, 4) is 5.75 Å². The first kappa shape index (κ1) is 19.5. The zero-order valence-electron chi connectivity index (χ0n) is 13.8. The van der Waals surface area contributed by atoms with Crippen LogP contribution in [0.4, 0.5) is 18.9 Å². The van der Waals surface area contributed by atoms with Gasteiger partial charge in [0.1, 0.15) is 5.75 Å². The summed E-state index contributed by atoms with van der Waals surface area (Å²) in [5.41, 5.74) is 0.391. The van der Waals surface area contributed by atoms with Crippen molar-refractivity contribution in [2.45, 2.75) is 31.9 Å². The summed E-state index contributed by atoms with van der Waals surface area (Å²) in [6.07, 6.45) is -4.92. The molecule has 1 aliphatic rings. The molecule has 1 amide bonds. The number of aliphatic hydroxyl groups excluding tert-OH is 1. The first-order chi connectivity index (χ1) is 11.7. The number of carbonyl (C=O) groups excluding carboxylic acids is 1. The van der Waals surface area contributed by atoms with Gasteiger partial charge in [-0.15, -0.1) is 13.2 Å². The van der Waals surface area contributed by atoms with E-state index >= 15 is 0 Å². The van der Waals surface area contributed by atoms with Gasteiger partial charge in [0.2, 0.25) is 5.91 Å². The van der Waals surface area contributed by atoms with Crippen LogP contribution < -0.4 is 20.7 Å². The summed E-state index contributed by atoms with van der Waals surface area (Å²) in [4.78, 5) is 12.0. The number of ether oxygens (including phenoxy) is 1. The van der Waals surface area contributed by atoms with Gasteiger partial charge in [0.25, 0.3) is 0 Å². The predicted molar refractivity (Wildman–Crippen MR) is 86.2 cm³/mol. The van der Waals surface area contributed by atoms with Crippen molar-refractivity contribution in [3.63, 3.8) is 0 Å². The van der Waals surface area contributed by atoms with Gasteiger partial charge in [0.15, 0.2) is 0 Å². The quantitative estimate of drug-likeness (QED) is 0.591. The maximum absolute atomic E-state index is 12.1.